The van der Waals surface area contributed by atoms with Crippen molar-refractivity contribution in [1.29, 1.82) is 0 Å². The van der Waals surface area contributed by atoms with Crippen molar-refractivity contribution in [3.05, 3.63) is 0 Å². The highest BCUT2D eigenvalue weighted by molar-refractivity contribution is 5.81. The maximum Gasteiger partial charge on any atom is 0.410 e. The van der Waals surface area contributed by atoms with Crippen LogP contribution in [0.2, 0.25) is 0 Å². The van der Waals surface area contributed by atoms with Crippen LogP contribution in [-0.2, 0) is 14.3 Å². The quantitative estimate of drug-likeness (QED) is 0.684. The Labute approximate surface area is 158 Å². The molecule has 3 aliphatic heterocycles. The second-order valence-electron chi connectivity index (χ2n) is 8.15. The van der Waals surface area contributed by atoms with Gasteiger partial charge in [-0.2, -0.15) is 0 Å². The molecule has 0 radical (unpaired) electrons. The Hall–Kier alpha value is -1.87. The maximum atomic E-state index is 12.2. The number of ether oxygens (including phenoxy) is 1. The second kappa shape index (κ2) is 8.02. The van der Waals surface area contributed by atoms with Crippen molar-refractivity contribution < 1.29 is 29.3 Å². The van der Waals surface area contributed by atoms with Gasteiger partial charge in [-0.15, -0.1) is 0 Å². The average molecular weight is 383 g/mol. The number of rotatable bonds is 6. The summed E-state index contributed by atoms with van der Waals surface area (Å²) >= 11 is 0. The minimum Gasteiger partial charge on any atom is -0.481 e. The molecule has 27 heavy (non-hydrogen) atoms. The van der Waals surface area contributed by atoms with Gasteiger partial charge in [0.05, 0.1) is 18.4 Å². The molecule has 0 aromatic carbocycles. The predicted molar refractivity (Wildman–Crippen MR) is 95.5 cm³/mol. The summed E-state index contributed by atoms with van der Waals surface area (Å²) in [7, 11) is 2.08. The number of carbonyl (C=O) groups is 3. The van der Waals surface area contributed by atoms with Crippen molar-refractivity contribution >= 4 is 18.0 Å². The van der Waals surface area contributed by atoms with Crippen LogP contribution in [0, 0.1) is 5.41 Å². The molecular weight excluding hydrogens is 354 g/mol. The fraction of sp³-hybridized carbons (Fsp3) is 0.833. The Kier molecular flexibility index (Phi) is 5.90. The van der Waals surface area contributed by atoms with E-state index in [1.807, 2.05) is 4.90 Å². The van der Waals surface area contributed by atoms with Gasteiger partial charge >= 0.3 is 18.0 Å². The number of hydrogen-bond acceptors (Lipinski definition) is 6. The molecule has 1 unspecified atom stereocenters. The number of carboxylic acid groups (broad SMARTS) is 2. The molecule has 9 heteroatoms. The van der Waals surface area contributed by atoms with Crippen LogP contribution < -0.4 is 0 Å². The van der Waals surface area contributed by atoms with E-state index in [9.17, 15) is 19.5 Å². The summed E-state index contributed by atoms with van der Waals surface area (Å²) in [4.78, 5) is 41.1. The van der Waals surface area contributed by atoms with E-state index < -0.39 is 17.4 Å². The van der Waals surface area contributed by atoms with E-state index in [1.54, 1.807) is 0 Å². The van der Waals surface area contributed by atoms with E-state index in [-0.39, 0.29) is 24.7 Å². The fourth-order valence-corrected chi connectivity index (χ4v) is 4.45. The summed E-state index contributed by atoms with van der Waals surface area (Å²) in [5.74, 6) is -2.12. The first kappa shape index (κ1) is 19.9. The molecule has 0 saturated carbocycles. The molecule has 0 spiro atoms. The van der Waals surface area contributed by atoms with E-state index in [0.29, 0.717) is 39.0 Å². The van der Waals surface area contributed by atoms with Crippen molar-refractivity contribution in [3.8, 4) is 0 Å². The van der Waals surface area contributed by atoms with Crippen molar-refractivity contribution in [2.75, 3.05) is 46.3 Å². The number of carboxylic acids is 2. The fourth-order valence-electron chi connectivity index (χ4n) is 4.45. The molecule has 3 heterocycles. The molecule has 0 bridgehead atoms. The number of amides is 1. The Morgan fingerprint density at radius 2 is 1.78 bits per heavy atom. The zero-order valence-corrected chi connectivity index (χ0v) is 15.8. The molecule has 2 N–H and O–H groups in total. The molecular formula is C18H29N3O6. The Morgan fingerprint density at radius 1 is 1.15 bits per heavy atom. The standard InChI is InChI=1S/C18H29N3O6/c1-19-6-2-13(3-7-19)21-12-14(27-17(21)26)11-20-8-4-18(5-9-20,16(24)25)10-15(22)23/h13-14H,2-12H2,1H3,(H,22,23)(H,24,25). The summed E-state index contributed by atoms with van der Waals surface area (Å²) in [5.41, 5.74) is -1.19. The Bertz CT molecular complexity index is 582. The van der Waals surface area contributed by atoms with Crippen LogP contribution in [0.25, 0.3) is 0 Å². The Morgan fingerprint density at radius 3 is 2.33 bits per heavy atom. The molecule has 0 aromatic heterocycles. The first-order valence-corrected chi connectivity index (χ1v) is 9.62. The number of piperidine rings is 2. The highest BCUT2D eigenvalue weighted by atomic mass is 16.6. The lowest BCUT2D eigenvalue weighted by atomic mass is 9.75. The third-order valence-electron chi connectivity index (χ3n) is 6.25. The summed E-state index contributed by atoms with van der Waals surface area (Å²) < 4.78 is 5.54. The van der Waals surface area contributed by atoms with Crippen LogP contribution in [-0.4, -0.2) is 101 Å². The lowest BCUT2D eigenvalue weighted by Crippen LogP contribution is -2.48. The van der Waals surface area contributed by atoms with E-state index in [4.69, 9.17) is 9.84 Å². The number of likely N-dealkylation sites (tertiary alicyclic amines) is 2. The number of aliphatic carboxylic acids is 2. The van der Waals surface area contributed by atoms with Gasteiger partial charge < -0.3 is 24.7 Å². The van der Waals surface area contributed by atoms with Gasteiger partial charge in [0.2, 0.25) is 0 Å². The van der Waals surface area contributed by atoms with Crippen LogP contribution >= 0.6 is 0 Å². The lowest BCUT2D eigenvalue weighted by Gasteiger charge is -2.38. The molecule has 3 saturated heterocycles. The van der Waals surface area contributed by atoms with E-state index in [1.165, 1.54) is 0 Å². The minimum absolute atomic E-state index is 0.214. The van der Waals surface area contributed by atoms with E-state index in [2.05, 4.69) is 16.8 Å². The Balaban J connectivity index is 1.50. The van der Waals surface area contributed by atoms with Crippen LogP contribution in [0.15, 0.2) is 0 Å². The van der Waals surface area contributed by atoms with Gasteiger partial charge in [-0.05, 0) is 58.9 Å². The minimum atomic E-state index is -1.19. The lowest BCUT2D eigenvalue weighted by molar-refractivity contribution is -0.159. The number of carbonyl (C=O) groups excluding carboxylic acids is 1. The van der Waals surface area contributed by atoms with Gasteiger partial charge in [-0.1, -0.05) is 0 Å². The number of nitrogens with zero attached hydrogens (tertiary/aromatic N) is 3. The van der Waals surface area contributed by atoms with Crippen LogP contribution in [0.1, 0.15) is 32.1 Å². The third-order valence-corrected chi connectivity index (χ3v) is 6.25. The van der Waals surface area contributed by atoms with Crippen molar-refractivity contribution in [2.24, 2.45) is 5.41 Å². The smallest absolute Gasteiger partial charge is 0.410 e. The summed E-state index contributed by atoms with van der Waals surface area (Å²) in [6, 6.07) is 0.232. The van der Waals surface area contributed by atoms with Crippen LogP contribution in [0.5, 0.6) is 0 Å². The first-order valence-electron chi connectivity index (χ1n) is 9.62. The van der Waals surface area contributed by atoms with Gasteiger partial charge in [0.1, 0.15) is 6.10 Å². The molecule has 9 nitrogen and oxygen atoms in total. The molecule has 3 aliphatic rings. The number of cyclic esters (lactones) is 1. The summed E-state index contributed by atoms with van der Waals surface area (Å²) in [6.45, 7) is 4.10. The van der Waals surface area contributed by atoms with E-state index in [0.717, 1.165) is 25.9 Å². The second-order valence-corrected chi connectivity index (χ2v) is 8.15. The monoisotopic (exact) mass is 383 g/mol. The largest absolute Gasteiger partial charge is 0.481 e. The topological polar surface area (TPSA) is 111 Å². The highest BCUT2D eigenvalue weighted by Crippen LogP contribution is 2.36. The molecule has 3 fully saturated rings. The van der Waals surface area contributed by atoms with Gasteiger partial charge in [-0.3, -0.25) is 14.5 Å². The van der Waals surface area contributed by atoms with Gasteiger partial charge in [0, 0.05) is 12.6 Å². The average Bonchev–Trinajstić information content (AvgIpc) is 2.97. The van der Waals surface area contributed by atoms with E-state index >= 15 is 0 Å². The van der Waals surface area contributed by atoms with Crippen molar-refractivity contribution in [3.63, 3.8) is 0 Å². The summed E-state index contributed by atoms with van der Waals surface area (Å²) in [5, 5.41) is 18.5. The van der Waals surface area contributed by atoms with Gasteiger partial charge in [0.25, 0.3) is 0 Å². The highest BCUT2D eigenvalue weighted by Gasteiger charge is 2.44. The first-order chi connectivity index (χ1) is 12.8. The van der Waals surface area contributed by atoms with Gasteiger partial charge in [0.15, 0.2) is 0 Å². The zero-order valence-electron chi connectivity index (χ0n) is 15.8. The molecule has 1 amide bonds. The molecule has 0 aliphatic carbocycles. The van der Waals surface area contributed by atoms with Crippen LogP contribution in [0.3, 0.4) is 0 Å². The SMILES string of the molecule is CN1CCC(N2CC(CN3CCC(CC(=O)O)(C(=O)O)CC3)OC2=O)CC1. The third kappa shape index (κ3) is 4.52. The zero-order chi connectivity index (χ0) is 19.6. The normalized spacial score (nSPS) is 27.5. The molecule has 152 valence electrons. The summed E-state index contributed by atoms with van der Waals surface area (Å²) in [6.07, 6.45) is 1.70. The van der Waals surface area contributed by atoms with Crippen LogP contribution in [0.4, 0.5) is 4.79 Å². The van der Waals surface area contributed by atoms with Crippen molar-refractivity contribution in [1.82, 2.24) is 14.7 Å². The predicted octanol–water partition coefficient (Wildman–Crippen LogP) is 0.543. The maximum absolute atomic E-state index is 12.2. The molecule has 3 rings (SSSR count). The molecule has 1 atom stereocenters. The molecule has 0 aromatic rings. The van der Waals surface area contributed by atoms with Gasteiger partial charge in [-0.25, -0.2) is 4.79 Å². The number of hydrogen-bond donors (Lipinski definition) is 2. The van der Waals surface area contributed by atoms with Crippen molar-refractivity contribution in [2.45, 2.75) is 44.2 Å².